The number of carbonyl (C=O) groups excluding carboxylic acids is 1. The molecule has 0 aromatic heterocycles. The van der Waals surface area contributed by atoms with Crippen LogP contribution in [0.1, 0.15) is 49.3 Å². The highest BCUT2D eigenvalue weighted by atomic mass is 32.2. The van der Waals surface area contributed by atoms with Crippen molar-refractivity contribution in [3.05, 3.63) is 29.3 Å². The molecule has 0 saturated heterocycles. The number of amides is 1. The summed E-state index contributed by atoms with van der Waals surface area (Å²) in [5.41, 5.74) is -1.11. The van der Waals surface area contributed by atoms with Gasteiger partial charge in [-0.2, -0.15) is 16.8 Å². The lowest BCUT2D eigenvalue weighted by atomic mass is 9.98. The normalized spacial score (nSPS) is 18.1. The fraction of sp³-hybridized carbons (Fsp3) is 0.636. The minimum Gasteiger partial charge on any atom is -0.481 e. The Morgan fingerprint density at radius 3 is 2.06 bits per heavy atom. The summed E-state index contributed by atoms with van der Waals surface area (Å²) >= 11 is 0. The van der Waals surface area contributed by atoms with Crippen LogP contribution in [0.5, 0.6) is 0 Å². The fourth-order valence-corrected chi connectivity index (χ4v) is 2.96. The summed E-state index contributed by atoms with van der Waals surface area (Å²) in [6.07, 6.45) is -1.13. The number of carboxylic acids is 1. The molecule has 1 rings (SSSR count). The van der Waals surface area contributed by atoms with Gasteiger partial charge in [0.1, 0.15) is 5.60 Å². The van der Waals surface area contributed by atoms with E-state index in [2.05, 4.69) is 13.7 Å². The van der Waals surface area contributed by atoms with Crippen molar-refractivity contribution < 1.29 is 55.6 Å². The summed E-state index contributed by atoms with van der Waals surface area (Å²) in [5.74, 6) is -1.33. The van der Waals surface area contributed by atoms with Gasteiger partial charge in [-0.05, 0) is 57.4 Å². The van der Waals surface area contributed by atoms with E-state index in [4.69, 9.17) is 15.7 Å². The first-order chi connectivity index (χ1) is 19.3. The number of hydrogen-bond acceptors (Lipinski definition) is 10. The van der Waals surface area contributed by atoms with Crippen LogP contribution in [0.3, 0.4) is 0 Å². The van der Waals surface area contributed by atoms with Crippen LogP contribution in [0.25, 0.3) is 0 Å². The molecule has 36 heavy (non-hydrogen) atoms. The second-order valence-corrected chi connectivity index (χ2v) is 11.7. The fourth-order valence-electron chi connectivity index (χ4n) is 2.58. The van der Waals surface area contributed by atoms with Crippen LogP contribution in [0, 0.1) is 6.92 Å². The second-order valence-electron chi connectivity index (χ2n) is 8.59. The van der Waals surface area contributed by atoms with Crippen molar-refractivity contribution in [2.45, 2.75) is 52.2 Å². The summed E-state index contributed by atoms with van der Waals surface area (Å²) in [5, 5.41) is 11.8. The van der Waals surface area contributed by atoms with Crippen molar-refractivity contribution in [2.75, 3.05) is 43.5 Å². The van der Waals surface area contributed by atoms with Crippen molar-refractivity contribution in [3.8, 4) is 0 Å². The van der Waals surface area contributed by atoms with Gasteiger partial charge in [0.15, 0.2) is 0 Å². The highest BCUT2D eigenvalue weighted by Gasteiger charge is 2.22. The monoisotopic (exact) mass is 560 g/mol. The van der Waals surface area contributed by atoms with Gasteiger partial charge in [-0.15, -0.1) is 0 Å². The maximum absolute atomic E-state index is 12.4. The zero-order valence-corrected chi connectivity index (χ0v) is 22.2. The van der Waals surface area contributed by atoms with Gasteiger partial charge in [0.25, 0.3) is 20.2 Å². The standard InChI is InChI=1S/C22H36N2O10S2/c1-16-7-8-19(24(9-11-32-35(5,28)29)10-12-33-36(6,30)31)14-17(16)13-18(15-20(25)26)23-21(27)34-22(2,3)4/h7-8,14,18H,9-13,15H2,1-6H3,(H,23,27)(H,25,26)/t18-/m0/s1/i9D2,10D2,11D2,12D2. The number of nitrogens with zero attached hydrogens (tertiary/aromatic N) is 1. The molecular weight excluding hydrogens is 516 g/mol. The van der Waals surface area contributed by atoms with Crippen molar-refractivity contribution in [1.82, 2.24) is 5.32 Å². The number of ether oxygens (including phenoxy) is 1. The third-order valence-electron chi connectivity index (χ3n) is 3.90. The van der Waals surface area contributed by atoms with Crippen LogP contribution in [0.2, 0.25) is 0 Å². The molecule has 14 heteroatoms. The highest BCUT2D eigenvalue weighted by Crippen LogP contribution is 2.22. The predicted octanol–water partition coefficient (Wildman–Crippen LogP) is 1.66. The molecule has 0 aliphatic carbocycles. The molecule has 0 fully saturated rings. The Morgan fingerprint density at radius 2 is 1.61 bits per heavy atom. The lowest BCUT2D eigenvalue weighted by Gasteiger charge is -2.26. The molecule has 1 aromatic carbocycles. The summed E-state index contributed by atoms with van der Waals surface area (Å²) < 4.78 is 127. The van der Waals surface area contributed by atoms with E-state index in [1.54, 1.807) is 20.8 Å². The minimum absolute atomic E-state index is 0.121. The van der Waals surface area contributed by atoms with Gasteiger partial charge in [0, 0.05) is 24.7 Å². The molecule has 0 unspecified atom stereocenters. The van der Waals surface area contributed by atoms with Gasteiger partial charge in [-0.1, -0.05) is 6.07 Å². The van der Waals surface area contributed by atoms with Crippen LogP contribution in [-0.2, 0) is 44.6 Å². The molecule has 0 radical (unpaired) electrons. The Bertz CT molecular complexity index is 1390. The Balaban J connectivity index is 3.90. The number of alkyl carbamates (subject to hydrolysis) is 1. The number of carbonyl (C=O) groups is 2. The Labute approximate surface area is 224 Å². The van der Waals surface area contributed by atoms with Crippen molar-refractivity contribution >= 4 is 38.0 Å². The van der Waals surface area contributed by atoms with Crippen LogP contribution in [-0.4, -0.2) is 84.3 Å². The molecule has 2 N–H and O–H groups in total. The first kappa shape index (κ1) is 20.6. The highest BCUT2D eigenvalue weighted by molar-refractivity contribution is 7.86. The zero-order valence-electron chi connectivity index (χ0n) is 28.6. The largest absolute Gasteiger partial charge is 0.481 e. The quantitative estimate of drug-likeness (QED) is 0.318. The molecule has 1 amide bonds. The molecule has 0 heterocycles. The number of anilines is 1. The molecule has 1 aromatic rings. The van der Waals surface area contributed by atoms with Crippen molar-refractivity contribution in [2.24, 2.45) is 0 Å². The van der Waals surface area contributed by atoms with E-state index >= 15 is 0 Å². The average molecular weight is 561 g/mol. The van der Waals surface area contributed by atoms with Gasteiger partial charge in [-0.3, -0.25) is 13.2 Å². The first-order valence-corrected chi connectivity index (χ1v) is 13.9. The first-order valence-electron chi connectivity index (χ1n) is 14.2. The van der Waals surface area contributed by atoms with Crippen molar-refractivity contribution in [1.29, 1.82) is 0 Å². The van der Waals surface area contributed by atoms with E-state index in [1.807, 2.05) is 0 Å². The zero-order chi connectivity index (χ0) is 34.9. The van der Waals surface area contributed by atoms with Crippen LogP contribution in [0.15, 0.2) is 18.2 Å². The Kier molecular flexibility index (Phi) is 7.57. The lowest BCUT2D eigenvalue weighted by molar-refractivity contribution is -0.137. The molecule has 0 aliphatic rings. The SMILES string of the molecule is [2H]C([2H])(OS(C)(=O)=O)C([2H])([2H])N(c1ccc(C)c(C[C@@H](CC(=O)O)NC(=O)OC(C)(C)C)c1)C([2H])([2H])C([2H])([2H])OS(C)(=O)=O. The van der Waals surface area contributed by atoms with Crippen LogP contribution in [0.4, 0.5) is 10.5 Å². The third-order valence-corrected chi connectivity index (χ3v) is 4.67. The minimum atomic E-state index is -4.75. The van der Waals surface area contributed by atoms with E-state index in [0.717, 1.165) is 12.1 Å². The van der Waals surface area contributed by atoms with Gasteiger partial charge < -0.3 is 20.1 Å². The molecule has 12 nitrogen and oxygen atoms in total. The molecule has 0 spiro atoms. The number of carboxylic acid groups (broad SMARTS) is 1. The predicted molar refractivity (Wildman–Crippen MR) is 134 cm³/mol. The number of rotatable bonds is 14. The number of aryl methyl sites for hydroxylation is 1. The maximum Gasteiger partial charge on any atom is 0.407 e. The van der Waals surface area contributed by atoms with E-state index in [9.17, 15) is 31.5 Å². The lowest BCUT2D eigenvalue weighted by Crippen LogP contribution is -2.41. The smallest absolute Gasteiger partial charge is 0.407 e. The Morgan fingerprint density at radius 1 is 1.08 bits per heavy atom. The average Bonchev–Trinajstić information content (AvgIpc) is 2.70. The van der Waals surface area contributed by atoms with E-state index in [-0.39, 0.29) is 16.9 Å². The van der Waals surface area contributed by atoms with Crippen molar-refractivity contribution in [3.63, 3.8) is 0 Å². The number of nitrogens with one attached hydrogen (secondary N) is 1. The summed E-state index contributed by atoms with van der Waals surface area (Å²) in [7, 11) is -9.50. The maximum atomic E-state index is 12.4. The van der Waals surface area contributed by atoms with Gasteiger partial charge >= 0.3 is 12.1 Å². The molecule has 0 bridgehead atoms. The topological polar surface area (TPSA) is 166 Å². The van der Waals surface area contributed by atoms with E-state index in [1.165, 1.54) is 13.0 Å². The van der Waals surface area contributed by atoms with Gasteiger partial charge in [-0.25, -0.2) is 4.79 Å². The van der Waals surface area contributed by atoms with E-state index < -0.39 is 82.2 Å². The third kappa shape index (κ3) is 14.2. The van der Waals surface area contributed by atoms with E-state index in [0.29, 0.717) is 18.1 Å². The van der Waals surface area contributed by atoms with Gasteiger partial charge in [0.2, 0.25) is 0 Å². The Hall–Kier alpha value is -2.42. The summed E-state index contributed by atoms with van der Waals surface area (Å²) in [6.45, 7) is -9.47. The van der Waals surface area contributed by atoms with Crippen LogP contribution < -0.4 is 10.2 Å². The van der Waals surface area contributed by atoms with Gasteiger partial charge in [0.05, 0.1) is 43.0 Å². The summed E-state index contributed by atoms with van der Waals surface area (Å²) in [4.78, 5) is 23.7. The second kappa shape index (κ2) is 13.2. The molecular formula is C22H36N2O10S2. The van der Waals surface area contributed by atoms with Crippen LogP contribution >= 0.6 is 0 Å². The molecule has 0 saturated carbocycles. The molecule has 0 aliphatic heterocycles. The number of benzene rings is 1. The summed E-state index contributed by atoms with van der Waals surface area (Å²) in [6, 6.07) is 2.09. The molecule has 206 valence electrons. The number of aliphatic carboxylic acids is 1. The molecule has 1 atom stereocenters. The number of hydrogen-bond donors (Lipinski definition) is 2.